The van der Waals surface area contributed by atoms with Gasteiger partial charge in [-0.25, -0.2) is 0 Å². The minimum absolute atomic E-state index is 0.0477. The molecule has 0 aliphatic heterocycles. The number of nitrogens with one attached hydrogen (secondary N) is 2. The molecule has 36 heavy (non-hydrogen) atoms. The topological polar surface area (TPSA) is 116 Å². The van der Waals surface area contributed by atoms with E-state index in [1.165, 1.54) is 12.2 Å². The molecule has 0 heterocycles. The van der Waals surface area contributed by atoms with Crippen LogP contribution in [0.5, 0.6) is 0 Å². The zero-order valence-electron chi connectivity index (χ0n) is 20.7. The molecule has 1 aromatic carbocycles. The van der Waals surface area contributed by atoms with Crippen LogP contribution in [0.3, 0.4) is 0 Å². The van der Waals surface area contributed by atoms with E-state index >= 15 is 0 Å². The third kappa shape index (κ3) is 10.4. The molecule has 2 N–H and O–H groups in total. The molecule has 7 heteroatoms. The second kappa shape index (κ2) is 18.1. The van der Waals surface area contributed by atoms with Gasteiger partial charge in [0.05, 0.1) is 11.3 Å². The molecule has 7 nitrogen and oxygen atoms in total. The number of carbonyl (C=O) groups excluding carboxylic acids is 4. The Morgan fingerprint density at radius 2 is 1.75 bits per heavy atom. The van der Waals surface area contributed by atoms with Crippen LogP contribution in [0.1, 0.15) is 62.8 Å². The number of allylic oxidation sites excluding steroid dienone is 5. The van der Waals surface area contributed by atoms with Gasteiger partial charge in [-0.1, -0.05) is 25.0 Å². The predicted molar refractivity (Wildman–Crippen MR) is 141 cm³/mol. The van der Waals surface area contributed by atoms with Gasteiger partial charge in [0, 0.05) is 43.3 Å². The molecule has 0 aliphatic carbocycles. The Morgan fingerprint density at radius 3 is 2.31 bits per heavy atom. The van der Waals surface area contributed by atoms with Crippen molar-refractivity contribution in [3.05, 3.63) is 64.5 Å². The van der Waals surface area contributed by atoms with E-state index in [4.69, 9.17) is 6.42 Å². The molecule has 188 valence electrons. The monoisotopic (exact) mass is 487 g/mol. The number of hydrogen-bond donors (Lipinski definition) is 2. The maximum Gasteiger partial charge on any atom is 0.144 e. The number of unbranched alkanes of at least 4 members (excludes halogenated alkanes) is 2. The molecule has 0 fully saturated rings. The van der Waals surface area contributed by atoms with E-state index in [1.54, 1.807) is 19.2 Å². The van der Waals surface area contributed by atoms with E-state index in [1.807, 2.05) is 12.1 Å². The average molecular weight is 488 g/mol. The number of benzene rings is 1. The molecule has 1 rings (SSSR count). The molecule has 1 unspecified atom stereocenters. The fourth-order valence-corrected chi connectivity index (χ4v) is 3.75. The second-order valence-corrected chi connectivity index (χ2v) is 8.05. The highest BCUT2D eigenvalue weighted by atomic mass is 16.1. The fourth-order valence-electron chi connectivity index (χ4n) is 3.75. The molecule has 0 saturated carbocycles. The Labute approximate surface area is 213 Å². The van der Waals surface area contributed by atoms with Gasteiger partial charge >= 0.3 is 0 Å². The summed E-state index contributed by atoms with van der Waals surface area (Å²) in [6.45, 7) is 0. The first-order valence-electron chi connectivity index (χ1n) is 11.9. The Morgan fingerprint density at radius 1 is 1.03 bits per heavy atom. The number of aldehydes is 4. The maximum atomic E-state index is 11.7. The van der Waals surface area contributed by atoms with Gasteiger partial charge in [-0.15, -0.1) is 12.3 Å². The number of terminal acetylenes is 1. The lowest BCUT2D eigenvalue weighted by atomic mass is 9.94. The molecule has 1 aromatic rings. The summed E-state index contributed by atoms with van der Waals surface area (Å²) >= 11 is 0. The standard InChI is InChI=1S/C29H33N3O4/c1-3-4-8-24(15-18-33)28(21-30)29(17-20-35)32-27-13-11-23(12-14-27)25(22-36)9-6-5-7-10-26(31-2)16-19-34/h1,11-14,16-20,22,25,31-32H,4-10,15H2,2H3/b26-16-,28-24-,29-17+. The first-order valence-corrected chi connectivity index (χ1v) is 11.9. The predicted octanol–water partition coefficient (Wildman–Crippen LogP) is 4.54. The third-order valence-electron chi connectivity index (χ3n) is 5.70. The summed E-state index contributed by atoms with van der Waals surface area (Å²) in [6, 6.07) is 9.32. The quantitative estimate of drug-likeness (QED) is 0.0780. The molecule has 0 bridgehead atoms. The summed E-state index contributed by atoms with van der Waals surface area (Å²) in [7, 11) is 1.79. The van der Waals surface area contributed by atoms with Crippen molar-refractivity contribution in [3.63, 3.8) is 0 Å². The van der Waals surface area contributed by atoms with Crippen LogP contribution in [0, 0.1) is 23.7 Å². The molecule has 0 amide bonds. The van der Waals surface area contributed by atoms with E-state index in [9.17, 15) is 24.4 Å². The highest BCUT2D eigenvalue weighted by molar-refractivity contribution is 5.73. The molecule has 0 aromatic heterocycles. The summed E-state index contributed by atoms with van der Waals surface area (Å²) in [4.78, 5) is 44.6. The van der Waals surface area contributed by atoms with Crippen LogP contribution in [0.15, 0.2) is 59.0 Å². The van der Waals surface area contributed by atoms with Gasteiger partial charge in [0.2, 0.25) is 0 Å². The van der Waals surface area contributed by atoms with Crippen molar-refractivity contribution in [3.8, 4) is 18.4 Å². The van der Waals surface area contributed by atoms with Gasteiger partial charge in [0.25, 0.3) is 0 Å². The lowest BCUT2D eigenvalue weighted by Crippen LogP contribution is -2.07. The lowest BCUT2D eigenvalue weighted by Gasteiger charge is -2.15. The van der Waals surface area contributed by atoms with Crippen molar-refractivity contribution in [2.24, 2.45) is 0 Å². The van der Waals surface area contributed by atoms with Gasteiger partial charge < -0.3 is 20.2 Å². The molecular formula is C29H33N3O4. The Hall–Kier alpha value is -4.23. The van der Waals surface area contributed by atoms with Crippen molar-refractivity contribution < 1.29 is 19.2 Å². The fraction of sp³-hybridized carbons (Fsp3) is 0.345. The number of carbonyl (C=O) groups is 4. The van der Waals surface area contributed by atoms with E-state index < -0.39 is 0 Å². The van der Waals surface area contributed by atoms with E-state index in [-0.39, 0.29) is 23.6 Å². The molecule has 0 aliphatic rings. The van der Waals surface area contributed by atoms with Gasteiger partial charge in [-0.2, -0.15) is 5.26 Å². The Kier molecular flexibility index (Phi) is 15.0. The first kappa shape index (κ1) is 29.8. The summed E-state index contributed by atoms with van der Waals surface area (Å²) in [5.74, 6) is 2.26. The number of anilines is 1. The van der Waals surface area contributed by atoms with Crippen molar-refractivity contribution in [1.82, 2.24) is 5.32 Å². The van der Waals surface area contributed by atoms with Crippen LogP contribution in [0.25, 0.3) is 0 Å². The van der Waals surface area contributed by atoms with Gasteiger partial charge in [0.15, 0.2) is 0 Å². The summed E-state index contributed by atoms with van der Waals surface area (Å²) in [5, 5.41) is 15.8. The highest BCUT2D eigenvalue weighted by Gasteiger charge is 2.14. The summed E-state index contributed by atoms with van der Waals surface area (Å²) < 4.78 is 0. The van der Waals surface area contributed by atoms with Crippen molar-refractivity contribution in [2.75, 3.05) is 12.4 Å². The largest absolute Gasteiger partial charge is 0.391 e. The summed E-state index contributed by atoms with van der Waals surface area (Å²) in [5.41, 5.74) is 3.46. The van der Waals surface area contributed by atoms with Crippen LogP contribution in [-0.4, -0.2) is 32.2 Å². The van der Waals surface area contributed by atoms with E-state index in [0.717, 1.165) is 49.5 Å². The molecule has 0 spiro atoms. The number of nitriles is 1. The van der Waals surface area contributed by atoms with Crippen LogP contribution in [0.2, 0.25) is 0 Å². The van der Waals surface area contributed by atoms with Crippen LogP contribution >= 0.6 is 0 Å². The van der Waals surface area contributed by atoms with E-state index in [2.05, 4.69) is 22.6 Å². The molecule has 0 saturated heterocycles. The van der Waals surface area contributed by atoms with Crippen LogP contribution < -0.4 is 10.6 Å². The van der Waals surface area contributed by atoms with Crippen LogP contribution in [0.4, 0.5) is 5.69 Å². The molecule has 1 atom stereocenters. The van der Waals surface area contributed by atoms with Gasteiger partial charge in [-0.05, 0) is 55.0 Å². The van der Waals surface area contributed by atoms with E-state index in [0.29, 0.717) is 43.1 Å². The van der Waals surface area contributed by atoms with Gasteiger partial charge in [-0.3, -0.25) is 9.59 Å². The average Bonchev–Trinajstić information content (AvgIpc) is 2.89. The number of rotatable bonds is 18. The number of nitrogens with zero attached hydrogens (tertiary/aromatic N) is 1. The smallest absolute Gasteiger partial charge is 0.144 e. The Balaban J connectivity index is 2.89. The second-order valence-electron chi connectivity index (χ2n) is 8.05. The number of hydrogen-bond acceptors (Lipinski definition) is 7. The normalized spacial score (nSPS) is 12.9. The minimum Gasteiger partial charge on any atom is -0.391 e. The zero-order chi connectivity index (χ0) is 26.6. The van der Waals surface area contributed by atoms with Crippen LogP contribution in [-0.2, 0) is 19.2 Å². The highest BCUT2D eigenvalue weighted by Crippen LogP contribution is 2.26. The first-order chi connectivity index (χ1) is 17.6. The Bertz CT molecular complexity index is 1050. The lowest BCUT2D eigenvalue weighted by molar-refractivity contribution is -0.109. The summed E-state index contributed by atoms with van der Waals surface area (Å²) in [6.07, 6.45) is 16.1. The third-order valence-corrected chi connectivity index (χ3v) is 5.70. The van der Waals surface area contributed by atoms with Crippen molar-refractivity contribution >= 4 is 30.8 Å². The SMILES string of the molecule is C#CCC/C(CC=O)=C(C#N)/C(=C\C=O)Nc1ccc(C(C=O)CCCCC/C(=C/C=O)NC)cc1. The minimum atomic E-state index is -0.240. The molecular weight excluding hydrogens is 454 g/mol. The zero-order valence-corrected chi connectivity index (χ0v) is 20.7. The molecule has 0 radical (unpaired) electrons. The van der Waals surface area contributed by atoms with Crippen molar-refractivity contribution in [1.29, 1.82) is 5.26 Å². The maximum absolute atomic E-state index is 11.7. The van der Waals surface area contributed by atoms with Gasteiger partial charge in [0.1, 0.15) is 31.2 Å². The van der Waals surface area contributed by atoms with Crippen molar-refractivity contribution in [2.45, 2.75) is 57.3 Å².